The van der Waals surface area contributed by atoms with Gasteiger partial charge >= 0.3 is 0 Å². The SMILES string of the molecule is CCN(Cc1ccccc1)Cn1c(O)c(N=NC(N)=S)c2cc(C)c(C)cc21. The minimum absolute atomic E-state index is 0.0616. The van der Waals surface area contributed by atoms with E-state index in [1.165, 1.54) is 5.56 Å². The standard InChI is InChI=1S/C21H25N5OS/c1-4-25(12-16-8-6-5-7-9-16)13-26-18-11-15(3)14(2)10-17(18)19(20(26)27)23-24-21(22)28/h5-11,27H,4,12-13H2,1-3H3,(H2,22,28). The first-order chi connectivity index (χ1) is 13.4. The number of rotatable bonds is 6. The second-order valence-corrected chi connectivity index (χ2v) is 7.28. The van der Waals surface area contributed by atoms with Crippen molar-refractivity contribution in [2.24, 2.45) is 16.0 Å². The van der Waals surface area contributed by atoms with Crippen molar-refractivity contribution in [3.05, 3.63) is 59.2 Å². The molecular weight excluding hydrogens is 370 g/mol. The van der Waals surface area contributed by atoms with Crippen LogP contribution in [0.15, 0.2) is 52.7 Å². The highest BCUT2D eigenvalue weighted by Crippen LogP contribution is 2.40. The fourth-order valence-corrected chi connectivity index (χ4v) is 3.26. The first-order valence-electron chi connectivity index (χ1n) is 9.20. The molecule has 0 spiro atoms. The summed E-state index contributed by atoms with van der Waals surface area (Å²) in [6, 6.07) is 14.4. The van der Waals surface area contributed by atoms with Crippen molar-refractivity contribution in [1.82, 2.24) is 9.47 Å². The molecule has 0 unspecified atom stereocenters. The number of fused-ring (bicyclic) bond motifs is 1. The molecule has 0 aliphatic rings. The van der Waals surface area contributed by atoms with E-state index in [1.807, 2.05) is 35.8 Å². The summed E-state index contributed by atoms with van der Waals surface area (Å²) in [6.07, 6.45) is 0. The molecule has 0 amide bonds. The molecule has 28 heavy (non-hydrogen) atoms. The van der Waals surface area contributed by atoms with Gasteiger partial charge in [-0.2, -0.15) is 0 Å². The summed E-state index contributed by atoms with van der Waals surface area (Å²) < 4.78 is 1.86. The maximum atomic E-state index is 10.9. The lowest BCUT2D eigenvalue weighted by Gasteiger charge is -2.22. The van der Waals surface area contributed by atoms with Gasteiger partial charge in [-0.05, 0) is 61.4 Å². The van der Waals surface area contributed by atoms with Gasteiger partial charge in [0.05, 0.1) is 12.2 Å². The molecule has 0 saturated heterocycles. The van der Waals surface area contributed by atoms with Crippen molar-refractivity contribution in [3.8, 4) is 5.88 Å². The Balaban J connectivity index is 2.05. The van der Waals surface area contributed by atoms with Crippen LogP contribution in [0, 0.1) is 13.8 Å². The molecule has 1 aromatic heterocycles. The van der Waals surface area contributed by atoms with Crippen LogP contribution in [0.5, 0.6) is 5.88 Å². The van der Waals surface area contributed by atoms with Crippen molar-refractivity contribution in [1.29, 1.82) is 0 Å². The van der Waals surface area contributed by atoms with Gasteiger partial charge in [0.15, 0.2) is 5.69 Å². The number of nitrogens with zero attached hydrogens (tertiary/aromatic N) is 4. The molecule has 7 heteroatoms. The number of hydrogen-bond acceptors (Lipinski definition) is 4. The van der Waals surface area contributed by atoms with Crippen LogP contribution in [0.1, 0.15) is 23.6 Å². The molecule has 3 aromatic rings. The van der Waals surface area contributed by atoms with Gasteiger partial charge in [-0.1, -0.05) is 37.3 Å². The van der Waals surface area contributed by atoms with Crippen LogP contribution in [-0.4, -0.2) is 26.2 Å². The second-order valence-electron chi connectivity index (χ2n) is 6.86. The van der Waals surface area contributed by atoms with E-state index in [0.717, 1.165) is 35.1 Å². The Morgan fingerprint density at radius 1 is 1.18 bits per heavy atom. The molecular formula is C21H25N5OS. The zero-order chi connectivity index (χ0) is 20.3. The maximum absolute atomic E-state index is 10.9. The lowest BCUT2D eigenvalue weighted by molar-refractivity contribution is 0.214. The Kier molecular flexibility index (Phi) is 6.06. The predicted octanol–water partition coefficient (Wildman–Crippen LogP) is 4.77. The molecule has 0 atom stereocenters. The lowest BCUT2D eigenvalue weighted by atomic mass is 10.1. The Hall–Kier alpha value is -2.77. The molecule has 0 saturated carbocycles. The summed E-state index contributed by atoms with van der Waals surface area (Å²) in [5.74, 6) is 0.0616. The van der Waals surface area contributed by atoms with E-state index in [-0.39, 0.29) is 11.0 Å². The number of nitrogens with two attached hydrogens (primary N) is 1. The molecule has 6 nitrogen and oxygen atoms in total. The maximum Gasteiger partial charge on any atom is 0.221 e. The fraction of sp³-hybridized carbons (Fsp3) is 0.286. The Bertz CT molecular complexity index is 1030. The second kappa shape index (κ2) is 8.50. The largest absolute Gasteiger partial charge is 0.493 e. The van der Waals surface area contributed by atoms with Crippen molar-refractivity contribution in [2.75, 3.05) is 6.54 Å². The number of azo groups is 1. The number of aromatic hydroxyl groups is 1. The van der Waals surface area contributed by atoms with Crippen molar-refractivity contribution < 1.29 is 5.11 Å². The molecule has 3 rings (SSSR count). The van der Waals surface area contributed by atoms with Gasteiger partial charge in [-0.3, -0.25) is 9.47 Å². The summed E-state index contributed by atoms with van der Waals surface area (Å²) >= 11 is 4.80. The summed E-state index contributed by atoms with van der Waals surface area (Å²) in [7, 11) is 0. The molecule has 0 aliphatic heterocycles. The number of aromatic nitrogens is 1. The van der Waals surface area contributed by atoms with Crippen LogP contribution in [0.25, 0.3) is 10.9 Å². The smallest absolute Gasteiger partial charge is 0.221 e. The first kappa shape index (κ1) is 20.0. The third kappa shape index (κ3) is 4.21. The van der Waals surface area contributed by atoms with E-state index in [0.29, 0.717) is 12.4 Å². The predicted molar refractivity (Wildman–Crippen MR) is 117 cm³/mol. The highest BCUT2D eigenvalue weighted by Gasteiger charge is 2.19. The average molecular weight is 396 g/mol. The quantitative estimate of drug-likeness (QED) is 0.465. The number of thiocarbonyl (C=S) groups is 1. The fourth-order valence-electron chi connectivity index (χ4n) is 3.22. The van der Waals surface area contributed by atoms with Gasteiger partial charge in [-0.25, -0.2) is 0 Å². The molecule has 1 heterocycles. The lowest BCUT2D eigenvalue weighted by Crippen LogP contribution is -2.25. The van der Waals surface area contributed by atoms with Crippen LogP contribution in [0.2, 0.25) is 0 Å². The van der Waals surface area contributed by atoms with Gasteiger partial charge < -0.3 is 10.8 Å². The van der Waals surface area contributed by atoms with Crippen LogP contribution in [0.4, 0.5) is 5.69 Å². The van der Waals surface area contributed by atoms with Gasteiger partial charge in [0, 0.05) is 11.9 Å². The van der Waals surface area contributed by atoms with Crippen LogP contribution in [0.3, 0.4) is 0 Å². The normalized spacial score (nSPS) is 11.7. The highest BCUT2D eigenvalue weighted by atomic mass is 32.1. The highest BCUT2D eigenvalue weighted by molar-refractivity contribution is 7.80. The van der Waals surface area contributed by atoms with E-state index >= 15 is 0 Å². The minimum Gasteiger partial charge on any atom is -0.493 e. The summed E-state index contributed by atoms with van der Waals surface area (Å²) in [5.41, 5.74) is 10.2. The Morgan fingerprint density at radius 2 is 1.86 bits per heavy atom. The molecule has 3 N–H and O–H groups in total. The van der Waals surface area contributed by atoms with E-state index < -0.39 is 0 Å². The van der Waals surface area contributed by atoms with Crippen molar-refractivity contribution in [3.63, 3.8) is 0 Å². The van der Waals surface area contributed by atoms with Crippen LogP contribution in [-0.2, 0) is 13.2 Å². The number of benzene rings is 2. The monoisotopic (exact) mass is 395 g/mol. The molecule has 146 valence electrons. The molecule has 0 bridgehead atoms. The van der Waals surface area contributed by atoms with Gasteiger partial charge in [0.2, 0.25) is 11.0 Å². The summed E-state index contributed by atoms with van der Waals surface area (Å²) in [6.45, 7) is 8.34. The number of aryl methyl sites for hydroxylation is 2. The van der Waals surface area contributed by atoms with Gasteiger partial charge in [0.1, 0.15) is 0 Å². The van der Waals surface area contributed by atoms with Gasteiger partial charge in [0.25, 0.3) is 0 Å². The average Bonchev–Trinajstić information content (AvgIpc) is 2.91. The van der Waals surface area contributed by atoms with E-state index in [1.54, 1.807) is 0 Å². The van der Waals surface area contributed by atoms with Crippen molar-refractivity contribution >= 4 is 33.9 Å². The van der Waals surface area contributed by atoms with E-state index in [9.17, 15) is 5.11 Å². The molecule has 2 aromatic carbocycles. The van der Waals surface area contributed by atoms with Crippen molar-refractivity contribution in [2.45, 2.75) is 34.0 Å². The minimum atomic E-state index is -0.0663. The third-order valence-corrected chi connectivity index (χ3v) is 4.99. The first-order valence-corrected chi connectivity index (χ1v) is 9.61. The van der Waals surface area contributed by atoms with Crippen LogP contribution < -0.4 is 5.73 Å². The topological polar surface area (TPSA) is 79.1 Å². The van der Waals surface area contributed by atoms with Crippen LogP contribution >= 0.6 is 12.2 Å². The third-order valence-electron chi connectivity index (χ3n) is 4.91. The summed E-state index contributed by atoms with van der Waals surface area (Å²) in [5, 5.41) is 19.6. The van der Waals surface area contributed by atoms with Gasteiger partial charge in [-0.15, -0.1) is 10.2 Å². The Labute approximate surface area is 170 Å². The number of hydrogen-bond donors (Lipinski definition) is 2. The zero-order valence-electron chi connectivity index (χ0n) is 16.4. The zero-order valence-corrected chi connectivity index (χ0v) is 17.2. The molecule has 0 aliphatic carbocycles. The molecule has 0 radical (unpaired) electrons. The van der Waals surface area contributed by atoms with E-state index in [4.69, 9.17) is 18.0 Å². The summed E-state index contributed by atoms with van der Waals surface area (Å²) in [4.78, 5) is 2.25. The Morgan fingerprint density at radius 3 is 2.50 bits per heavy atom. The van der Waals surface area contributed by atoms with E-state index in [2.05, 4.69) is 47.2 Å². The molecule has 0 fully saturated rings.